The Morgan fingerprint density at radius 3 is 3.00 bits per heavy atom. The SMILES string of the molecule is CC(Cc1ccco1)NC(C)C1CCCN(C)C1. The summed E-state index contributed by atoms with van der Waals surface area (Å²) in [7, 11) is 2.23. The smallest absolute Gasteiger partial charge is 0.105 e. The molecule has 3 heteroatoms. The molecule has 1 N–H and O–H groups in total. The Hall–Kier alpha value is -0.800. The maximum Gasteiger partial charge on any atom is 0.105 e. The van der Waals surface area contributed by atoms with E-state index in [1.165, 1.54) is 25.9 Å². The van der Waals surface area contributed by atoms with Crippen LogP contribution in [-0.2, 0) is 6.42 Å². The van der Waals surface area contributed by atoms with Crippen molar-refractivity contribution in [2.75, 3.05) is 20.1 Å². The van der Waals surface area contributed by atoms with Crippen LogP contribution in [0.2, 0.25) is 0 Å². The van der Waals surface area contributed by atoms with E-state index < -0.39 is 0 Å². The first-order chi connectivity index (χ1) is 8.65. The van der Waals surface area contributed by atoms with Gasteiger partial charge < -0.3 is 14.6 Å². The van der Waals surface area contributed by atoms with Crippen LogP contribution in [0.25, 0.3) is 0 Å². The summed E-state index contributed by atoms with van der Waals surface area (Å²) in [6.45, 7) is 7.04. The molecule has 1 fully saturated rings. The standard InChI is InChI=1S/C15H26N2O/c1-12(10-15-7-5-9-18-15)16-13(2)14-6-4-8-17(3)11-14/h5,7,9,12-14,16H,4,6,8,10-11H2,1-3H3. The zero-order chi connectivity index (χ0) is 13.0. The fourth-order valence-electron chi connectivity index (χ4n) is 2.99. The number of nitrogens with one attached hydrogen (secondary N) is 1. The highest BCUT2D eigenvalue weighted by atomic mass is 16.3. The third-order valence-electron chi connectivity index (χ3n) is 4.00. The lowest BCUT2D eigenvalue weighted by atomic mass is 9.91. The van der Waals surface area contributed by atoms with Crippen LogP contribution in [0.5, 0.6) is 0 Å². The molecule has 1 aliphatic heterocycles. The quantitative estimate of drug-likeness (QED) is 0.870. The topological polar surface area (TPSA) is 28.4 Å². The molecule has 0 aliphatic carbocycles. The van der Waals surface area contributed by atoms with E-state index in [9.17, 15) is 0 Å². The molecule has 3 atom stereocenters. The number of nitrogens with zero attached hydrogens (tertiary/aromatic N) is 1. The van der Waals surface area contributed by atoms with E-state index >= 15 is 0 Å². The maximum atomic E-state index is 5.40. The zero-order valence-electron chi connectivity index (χ0n) is 11.9. The molecule has 3 nitrogen and oxygen atoms in total. The van der Waals surface area contributed by atoms with Crippen LogP contribution in [0.15, 0.2) is 22.8 Å². The first-order valence-electron chi connectivity index (χ1n) is 7.12. The van der Waals surface area contributed by atoms with E-state index in [4.69, 9.17) is 4.42 Å². The Labute approximate surface area is 111 Å². The predicted octanol–water partition coefficient (Wildman–Crippen LogP) is 2.53. The van der Waals surface area contributed by atoms with Crippen LogP contribution < -0.4 is 5.32 Å². The molecule has 2 rings (SSSR count). The van der Waals surface area contributed by atoms with Crippen molar-refractivity contribution < 1.29 is 4.42 Å². The summed E-state index contributed by atoms with van der Waals surface area (Å²) < 4.78 is 5.40. The van der Waals surface area contributed by atoms with Gasteiger partial charge in [0.05, 0.1) is 6.26 Å². The van der Waals surface area contributed by atoms with E-state index in [1.54, 1.807) is 6.26 Å². The summed E-state index contributed by atoms with van der Waals surface area (Å²) in [6, 6.07) is 5.06. The van der Waals surface area contributed by atoms with Crippen molar-refractivity contribution in [2.45, 2.75) is 45.2 Å². The lowest BCUT2D eigenvalue weighted by molar-refractivity contribution is 0.173. The van der Waals surface area contributed by atoms with Crippen LogP contribution in [-0.4, -0.2) is 37.1 Å². The molecule has 3 unspecified atom stereocenters. The van der Waals surface area contributed by atoms with E-state index in [1.807, 2.05) is 6.07 Å². The summed E-state index contributed by atoms with van der Waals surface area (Å²) in [5, 5.41) is 3.72. The van der Waals surface area contributed by atoms with E-state index in [0.29, 0.717) is 12.1 Å². The third kappa shape index (κ3) is 3.85. The van der Waals surface area contributed by atoms with Gasteiger partial charge in [-0.1, -0.05) is 0 Å². The molecule has 0 radical (unpaired) electrons. The highest BCUT2D eigenvalue weighted by Crippen LogP contribution is 2.19. The van der Waals surface area contributed by atoms with Crippen molar-refractivity contribution in [3.63, 3.8) is 0 Å². The lowest BCUT2D eigenvalue weighted by Gasteiger charge is -2.35. The number of hydrogen-bond acceptors (Lipinski definition) is 3. The largest absolute Gasteiger partial charge is 0.469 e. The Morgan fingerprint density at radius 2 is 2.33 bits per heavy atom. The minimum atomic E-state index is 0.471. The minimum absolute atomic E-state index is 0.471. The van der Waals surface area contributed by atoms with Crippen LogP contribution in [0.1, 0.15) is 32.4 Å². The molecular weight excluding hydrogens is 224 g/mol. The Morgan fingerprint density at radius 1 is 1.50 bits per heavy atom. The highest BCUT2D eigenvalue weighted by Gasteiger charge is 2.23. The van der Waals surface area contributed by atoms with Gasteiger partial charge in [0.2, 0.25) is 0 Å². The monoisotopic (exact) mass is 250 g/mol. The van der Waals surface area contributed by atoms with E-state index in [0.717, 1.165) is 18.1 Å². The van der Waals surface area contributed by atoms with Crippen LogP contribution in [0, 0.1) is 5.92 Å². The average molecular weight is 250 g/mol. The van der Waals surface area contributed by atoms with Crippen LogP contribution in [0.3, 0.4) is 0 Å². The van der Waals surface area contributed by atoms with Gasteiger partial charge in [-0.15, -0.1) is 0 Å². The molecule has 18 heavy (non-hydrogen) atoms. The Balaban J connectivity index is 1.77. The molecule has 102 valence electrons. The molecule has 0 bridgehead atoms. The minimum Gasteiger partial charge on any atom is -0.469 e. The highest BCUT2D eigenvalue weighted by molar-refractivity contribution is 5.00. The molecular formula is C15H26N2O. The third-order valence-corrected chi connectivity index (χ3v) is 4.00. The molecule has 0 spiro atoms. The van der Waals surface area contributed by atoms with Gasteiger partial charge in [-0.3, -0.25) is 0 Å². The first kappa shape index (κ1) is 13.6. The summed E-state index contributed by atoms with van der Waals surface area (Å²) in [6.07, 6.45) is 5.41. The fourth-order valence-corrected chi connectivity index (χ4v) is 2.99. The molecule has 0 saturated carbocycles. The number of piperidine rings is 1. The second-order valence-electron chi connectivity index (χ2n) is 5.80. The molecule has 1 aromatic rings. The molecule has 1 aliphatic rings. The zero-order valence-corrected chi connectivity index (χ0v) is 11.9. The van der Waals surface area contributed by atoms with E-state index in [2.05, 4.69) is 37.2 Å². The van der Waals surface area contributed by atoms with Crippen molar-refractivity contribution >= 4 is 0 Å². The number of hydrogen-bond donors (Lipinski definition) is 1. The second-order valence-corrected chi connectivity index (χ2v) is 5.80. The van der Waals surface area contributed by atoms with Crippen molar-refractivity contribution in [1.29, 1.82) is 0 Å². The number of likely N-dealkylation sites (tertiary alicyclic amines) is 1. The maximum absolute atomic E-state index is 5.40. The second kappa shape index (κ2) is 6.39. The summed E-state index contributed by atoms with van der Waals surface area (Å²) in [4.78, 5) is 2.45. The van der Waals surface area contributed by atoms with Crippen LogP contribution >= 0.6 is 0 Å². The fraction of sp³-hybridized carbons (Fsp3) is 0.733. The molecule has 2 heterocycles. The van der Waals surface area contributed by atoms with Crippen LogP contribution in [0.4, 0.5) is 0 Å². The Bertz CT molecular complexity index is 336. The van der Waals surface area contributed by atoms with Gasteiger partial charge in [0, 0.05) is 25.0 Å². The molecule has 0 amide bonds. The number of furan rings is 1. The van der Waals surface area contributed by atoms with Gasteiger partial charge in [-0.25, -0.2) is 0 Å². The van der Waals surface area contributed by atoms with E-state index in [-0.39, 0.29) is 0 Å². The van der Waals surface area contributed by atoms with Crippen molar-refractivity contribution in [3.05, 3.63) is 24.2 Å². The van der Waals surface area contributed by atoms with Gasteiger partial charge in [-0.2, -0.15) is 0 Å². The van der Waals surface area contributed by atoms with Gasteiger partial charge in [-0.05, 0) is 58.3 Å². The molecule has 1 aromatic heterocycles. The van der Waals surface area contributed by atoms with Gasteiger partial charge >= 0.3 is 0 Å². The van der Waals surface area contributed by atoms with Crippen molar-refractivity contribution in [1.82, 2.24) is 10.2 Å². The lowest BCUT2D eigenvalue weighted by Crippen LogP contribution is -2.46. The summed E-state index contributed by atoms with van der Waals surface area (Å²) >= 11 is 0. The van der Waals surface area contributed by atoms with Crippen molar-refractivity contribution in [2.24, 2.45) is 5.92 Å². The average Bonchev–Trinajstić information content (AvgIpc) is 2.81. The Kier molecular flexibility index (Phi) is 4.84. The van der Waals surface area contributed by atoms with Crippen molar-refractivity contribution in [3.8, 4) is 0 Å². The van der Waals surface area contributed by atoms with Gasteiger partial charge in [0.15, 0.2) is 0 Å². The normalized spacial score (nSPS) is 24.9. The van der Waals surface area contributed by atoms with Gasteiger partial charge in [0.25, 0.3) is 0 Å². The first-order valence-corrected chi connectivity index (χ1v) is 7.12. The molecule has 1 saturated heterocycles. The predicted molar refractivity (Wildman–Crippen MR) is 74.7 cm³/mol. The van der Waals surface area contributed by atoms with Gasteiger partial charge in [0.1, 0.15) is 5.76 Å². The summed E-state index contributed by atoms with van der Waals surface area (Å²) in [5.41, 5.74) is 0. The summed E-state index contributed by atoms with van der Waals surface area (Å²) in [5.74, 6) is 1.85. The molecule has 0 aromatic carbocycles. The number of rotatable bonds is 5.